The minimum atomic E-state index is -4.83. The Morgan fingerprint density at radius 1 is 1.25 bits per heavy atom. The molecule has 4 rings (SSSR count). The van der Waals surface area contributed by atoms with Crippen molar-refractivity contribution < 1.29 is 17.9 Å². The standard InChI is InChI=1S/C21H16F3IN4OS2/c1-11-8-16(31-3)17(13-6-7-29(32-25)18(11)13)20(30-2,21(22,23)24)19-27-14-5-4-12(10-26)9-15(14)28-19/h4-9H,1-3H3,(H,27,28). The van der Waals surface area contributed by atoms with Crippen LogP contribution in [0.15, 0.2) is 41.4 Å². The second kappa shape index (κ2) is 8.48. The summed E-state index contributed by atoms with van der Waals surface area (Å²) in [5.41, 5.74) is -0.346. The number of hydrogen-bond donors (Lipinski definition) is 1. The van der Waals surface area contributed by atoms with E-state index in [2.05, 4.69) is 31.2 Å². The van der Waals surface area contributed by atoms with Crippen molar-refractivity contribution in [1.82, 2.24) is 13.9 Å². The number of rotatable bonds is 5. The van der Waals surface area contributed by atoms with Crippen LogP contribution in [0.5, 0.6) is 0 Å². The van der Waals surface area contributed by atoms with E-state index in [1.54, 1.807) is 30.7 Å². The van der Waals surface area contributed by atoms with Crippen molar-refractivity contribution in [2.24, 2.45) is 0 Å². The predicted molar refractivity (Wildman–Crippen MR) is 130 cm³/mol. The van der Waals surface area contributed by atoms with Gasteiger partial charge in [0.05, 0.1) is 28.2 Å². The maximum atomic E-state index is 15.0. The predicted octanol–water partition coefficient (Wildman–Crippen LogP) is 6.72. The summed E-state index contributed by atoms with van der Waals surface area (Å²) in [6, 6.07) is 9.94. The molecule has 0 aliphatic carbocycles. The third kappa shape index (κ3) is 3.39. The second-order valence-electron chi connectivity index (χ2n) is 7.06. The van der Waals surface area contributed by atoms with Gasteiger partial charge in [-0.3, -0.25) is 3.97 Å². The number of aromatic nitrogens is 3. The summed E-state index contributed by atoms with van der Waals surface area (Å²) in [5, 5.41) is 9.60. The lowest BCUT2D eigenvalue weighted by atomic mass is 9.88. The van der Waals surface area contributed by atoms with Crippen molar-refractivity contribution in [1.29, 1.82) is 5.26 Å². The molecule has 0 fully saturated rings. The Bertz CT molecular complexity index is 1380. The average Bonchev–Trinajstić information content (AvgIpc) is 3.38. The van der Waals surface area contributed by atoms with E-state index in [-0.39, 0.29) is 16.9 Å². The van der Waals surface area contributed by atoms with E-state index in [0.717, 1.165) is 12.7 Å². The Balaban J connectivity index is 2.15. The van der Waals surface area contributed by atoms with Crippen molar-refractivity contribution in [3.63, 3.8) is 0 Å². The van der Waals surface area contributed by atoms with Gasteiger partial charge in [-0.15, -0.1) is 11.8 Å². The van der Waals surface area contributed by atoms with E-state index >= 15 is 0 Å². The topological polar surface area (TPSA) is 66.6 Å². The van der Waals surface area contributed by atoms with Gasteiger partial charge in [-0.2, -0.15) is 18.4 Å². The molecule has 0 aliphatic rings. The van der Waals surface area contributed by atoms with Gasteiger partial charge in [0.25, 0.3) is 0 Å². The van der Waals surface area contributed by atoms with Gasteiger partial charge in [0.1, 0.15) is 0 Å². The van der Waals surface area contributed by atoms with Crippen molar-refractivity contribution in [3.8, 4) is 6.07 Å². The number of ether oxygens (including phenoxy) is 1. The highest BCUT2D eigenvalue weighted by atomic mass is 127. The van der Waals surface area contributed by atoms with E-state index in [1.165, 1.54) is 33.0 Å². The molecule has 0 spiro atoms. The van der Waals surface area contributed by atoms with Crippen LogP contribution in [0.4, 0.5) is 13.2 Å². The summed E-state index contributed by atoms with van der Waals surface area (Å²) in [4.78, 5) is 7.52. The number of aryl methyl sites for hydroxylation is 1. The van der Waals surface area contributed by atoms with Gasteiger partial charge in [-0.25, -0.2) is 4.98 Å². The van der Waals surface area contributed by atoms with Crippen LogP contribution >= 0.6 is 42.1 Å². The molecule has 4 aromatic rings. The van der Waals surface area contributed by atoms with Crippen molar-refractivity contribution in [2.45, 2.75) is 23.6 Å². The highest BCUT2D eigenvalue weighted by Crippen LogP contribution is 2.52. The van der Waals surface area contributed by atoms with Crippen LogP contribution in [0, 0.1) is 18.3 Å². The Kier molecular flexibility index (Phi) is 6.17. The molecular formula is C21H16F3IN4OS2. The lowest BCUT2D eigenvalue weighted by Crippen LogP contribution is -2.46. The molecule has 0 saturated heterocycles. The van der Waals surface area contributed by atoms with Crippen LogP contribution in [0.2, 0.25) is 0 Å². The third-order valence-electron chi connectivity index (χ3n) is 5.39. The average molecular weight is 588 g/mol. The normalized spacial score (nSPS) is 14.1. The monoisotopic (exact) mass is 588 g/mol. The van der Waals surface area contributed by atoms with Gasteiger partial charge in [0, 0.05) is 59.5 Å². The zero-order chi connectivity index (χ0) is 23.3. The summed E-state index contributed by atoms with van der Waals surface area (Å²) in [6.07, 6.45) is -1.35. The van der Waals surface area contributed by atoms with Gasteiger partial charge in [-0.1, -0.05) is 0 Å². The number of hydrogen-bond acceptors (Lipinski definition) is 5. The quantitative estimate of drug-likeness (QED) is 0.207. The van der Waals surface area contributed by atoms with Gasteiger partial charge < -0.3 is 9.72 Å². The fraction of sp³-hybridized carbons (Fsp3) is 0.238. The lowest BCUT2D eigenvalue weighted by Gasteiger charge is -2.35. The van der Waals surface area contributed by atoms with Crippen molar-refractivity contribution in [3.05, 3.63) is 59.0 Å². The van der Waals surface area contributed by atoms with Crippen LogP contribution in [0.1, 0.15) is 22.5 Å². The number of fused-ring (bicyclic) bond motifs is 2. The molecule has 1 unspecified atom stereocenters. The summed E-state index contributed by atoms with van der Waals surface area (Å²) in [7, 11) is 2.42. The number of nitriles is 1. The number of halogens is 4. The molecule has 166 valence electrons. The number of imidazole rings is 1. The van der Waals surface area contributed by atoms with Gasteiger partial charge in [-0.05, 0) is 49.1 Å². The zero-order valence-corrected chi connectivity index (χ0v) is 20.8. The van der Waals surface area contributed by atoms with E-state index in [4.69, 9.17) is 10.00 Å². The SMILES string of the molecule is COC(c1nc2cc(C#N)ccc2[nH]1)(c1c(SC)cc(C)c2c1ccn2SI)C(F)(F)F. The first kappa shape index (κ1) is 23.3. The first-order chi connectivity index (χ1) is 15.2. The van der Waals surface area contributed by atoms with E-state index in [0.29, 0.717) is 26.9 Å². The molecule has 0 saturated carbocycles. The molecule has 0 radical (unpaired) electrons. The molecule has 0 bridgehead atoms. The highest BCUT2D eigenvalue weighted by Gasteiger charge is 2.62. The van der Waals surface area contributed by atoms with Gasteiger partial charge >= 0.3 is 6.18 Å². The van der Waals surface area contributed by atoms with E-state index in [9.17, 15) is 13.2 Å². The van der Waals surface area contributed by atoms with Gasteiger partial charge in [0.2, 0.25) is 5.60 Å². The maximum absolute atomic E-state index is 15.0. The number of methoxy groups -OCH3 is 1. The molecule has 2 heterocycles. The Labute approximate surface area is 202 Å². The van der Waals surface area contributed by atoms with E-state index in [1.807, 2.05) is 17.0 Å². The number of H-pyrrole nitrogens is 1. The minimum absolute atomic E-state index is 0.00985. The van der Waals surface area contributed by atoms with Crippen molar-refractivity contribution >= 4 is 64.0 Å². The molecule has 32 heavy (non-hydrogen) atoms. The first-order valence-electron chi connectivity index (χ1n) is 9.22. The number of nitrogens with zero attached hydrogens (tertiary/aromatic N) is 3. The Morgan fingerprint density at radius 3 is 2.59 bits per heavy atom. The van der Waals surface area contributed by atoms with Crippen LogP contribution in [0.3, 0.4) is 0 Å². The summed E-state index contributed by atoms with van der Waals surface area (Å²) in [5.74, 6) is -0.382. The number of nitrogens with one attached hydrogen (secondary N) is 1. The number of alkyl halides is 3. The molecule has 11 heteroatoms. The smallest absolute Gasteiger partial charge is 0.358 e. The van der Waals surface area contributed by atoms with E-state index < -0.39 is 11.8 Å². The molecule has 0 aliphatic heterocycles. The lowest BCUT2D eigenvalue weighted by molar-refractivity contribution is -0.261. The summed E-state index contributed by atoms with van der Waals surface area (Å²) in [6.45, 7) is 1.88. The van der Waals surface area contributed by atoms with Crippen LogP contribution in [-0.4, -0.2) is 33.5 Å². The minimum Gasteiger partial charge on any atom is -0.358 e. The maximum Gasteiger partial charge on any atom is 0.429 e. The summed E-state index contributed by atoms with van der Waals surface area (Å²) >= 11 is 3.32. The molecule has 1 N–H and O–H groups in total. The zero-order valence-electron chi connectivity index (χ0n) is 17.0. The van der Waals surface area contributed by atoms with Crippen LogP contribution in [0.25, 0.3) is 21.9 Å². The molecular weight excluding hydrogens is 572 g/mol. The third-order valence-corrected chi connectivity index (χ3v) is 7.87. The molecule has 2 aromatic heterocycles. The molecule has 5 nitrogen and oxygen atoms in total. The van der Waals surface area contributed by atoms with Crippen molar-refractivity contribution in [2.75, 3.05) is 13.4 Å². The van der Waals surface area contributed by atoms with Crippen LogP contribution < -0.4 is 0 Å². The fourth-order valence-corrected chi connectivity index (χ4v) is 6.16. The molecule has 1 atom stereocenters. The highest BCUT2D eigenvalue weighted by molar-refractivity contribution is 14.2. The number of thioether (sulfide) groups is 1. The van der Waals surface area contributed by atoms with Gasteiger partial charge in [0.15, 0.2) is 5.82 Å². The fourth-order valence-electron chi connectivity index (χ4n) is 4.00. The largest absolute Gasteiger partial charge is 0.429 e. The van der Waals surface area contributed by atoms with Crippen LogP contribution in [-0.2, 0) is 10.3 Å². The first-order valence-corrected chi connectivity index (χ1v) is 13.8. The second-order valence-corrected chi connectivity index (χ2v) is 9.62. The Morgan fingerprint density at radius 2 is 2.00 bits per heavy atom. The number of benzene rings is 2. The Hall–Kier alpha value is -1.88. The number of aromatic amines is 1. The summed E-state index contributed by atoms with van der Waals surface area (Å²) < 4.78 is 52.2. The molecule has 2 aromatic carbocycles. The molecule has 0 amide bonds.